The topological polar surface area (TPSA) is 90.9 Å². The maximum absolute atomic E-state index is 11.2. The Kier molecular flexibility index (Phi) is 2.78. The van der Waals surface area contributed by atoms with Crippen molar-refractivity contribution in [3.8, 4) is 5.13 Å². The van der Waals surface area contributed by atoms with Crippen molar-refractivity contribution in [2.45, 2.75) is 11.4 Å². The number of nitrogens with zero attached hydrogens (tertiary/aromatic N) is 3. The van der Waals surface area contributed by atoms with Crippen LogP contribution in [0.15, 0.2) is 22.7 Å². The minimum Gasteiger partial charge on any atom is -0.325 e. The third-order valence-electron chi connectivity index (χ3n) is 1.93. The minimum absolute atomic E-state index is 0.178. The molecule has 0 saturated carbocycles. The first kappa shape index (κ1) is 11.2. The lowest BCUT2D eigenvalue weighted by atomic mass is 10.5. The average Bonchev–Trinajstić information content (AvgIpc) is 2.85. The van der Waals surface area contributed by atoms with Gasteiger partial charge in [-0.15, -0.1) is 11.3 Å². The van der Waals surface area contributed by atoms with Crippen molar-refractivity contribution in [1.82, 2.24) is 14.8 Å². The number of thiazole rings is 1. The molecule has 8 heteroatoms. The van der Waals surface area contributed by atoms with E-state index >= 15 is 0 Å². The van der Waals surface area contributed by atoms with Crippen molar-refractivity contribution in [2.75, 3.05) is 6.26 Å². The van der Waals surface area contributed by atoms with Gasteiger partial charge in [-0.25, -0.2) is 18.1 Å². The molecule has 0 atom stereocenters. The summed E-state index contributed by atoms with van der Waals surface area (Å²) in [6, 6.07) is 0. The van der Waals surface area contributed by atoms with E-state index in [-0.39, 0.29) is 4.90 Å². The van der Waals surface area contributed by atoms with Crippen LogP contribution in [0.2, 0.25) is 0 Å². The molecule has 0 aliphatic heterocycles. The summed E-state index contributed by atoms with van der Waals surface area (Å²) in [6.45, 7) is 0.358. The molecule has 16 heavy (non-hydrogen) atoms. The Morgan fingerprint density at radius 2 is 2.31 bits per heavy atom. The van der Waals surface area contributed by atoms with Crippen LogP contribution in [0.1, 0.15) is 5.69 Å². The predicted molar refractivity (Wildman–Crippen MR) is 60.2 cm³/mol. The van der Waals surface area contributed by atoms with Gasteiger partial charge in [-0.3, -0.25) is 0 Å². The lowest BCUT2D eigenvalue weighted by Crippen LogP contribution is -1.99. The van der Waals surface area contributed by atoms with Gasteiger partial charge in [-0.1, -0.05) is 0 Å². The molecule has 0 fully saturated rings. The third-order valence-corrected chi connectivity index (χ3v) is 3.88. The van der Waals surface area contributed by atoms with Crippen molar-refractivity contribution < 1.29 is 8.42 Å². The Morgan fingerprint density at radius 3 is 2.81 bits per heavy atom. The number of sulfone groups is 1. The van der Waals surface area contributed by atoms with Gasteiger partial charge in [0.15, 0.2) is 9.84 Å². The van der Waals surface area contributed by atoms with Crippen LogP contribution >= 0.6 is 11.3 Å². The molecule has 0 aromatic carbocycles. The first-order valence-corrected chi connectivity index (χ1v) is 7.17. The van der Waals surface area contributed by atoms with Crippen LogP contribution in [0.4, 0.5) is 0 Å². The predicted octanol–water partition coefficient (Wildman–Crippen LogP) is 0.191. The normalized spacial score (nSPS) is 11.9. The van der Waals surface area contributed by atoms with Gasteiger partial charge in [0.05, 0.1) is 18.1 Å². The van der Waals surface area contributed by atoms with Crippen LogP contribution in [0.25, 0.3) is 5.13 Å². The van der Waals surface area contributed by atoms with E-state index in [0.29, 0.717) is 11.7 Å². The van der Waals surface area contributed by atoms with E-state index in [0.717, 1.165) is 11.9 Å². The molecule has 6 nitrogen and oxygen atoms in total. The van der Waals surface area contributed by atoms with Crippen LogP contribution in [-0.2, 0) is 16.4 Å². The Hall–Kier alpha value is -1.25. The Balaban J connectivity index is 2.39. The van der Waals surface area contributed by atoms with Crippen molar-refractivity contribution >= 4 is 21.2 Å². The Bertz CT molecular complexity index is 599. The highest BCUT2D eigenvalue weighted by atomic mass is 32.2. The molecule has 2 rings (SSSR count). The van der Waals surface area contributed by atoms with Crippen molar-refractivity contribution in [1.29, 1.82) is 0 Å². The highest BCUT2D eigenvalue weighted by Crippen LogP contribution is 2.16. The molecule has 0 radical (unpaired) electrons. The van der Waals surface area contributed by atoms with Gasteiger partial charge in [0, 0.05) is 18.2 Å². The molecule has 2 aromatic heterocycles. The number of aromatic nitrogens is 3. The monoisotopic (exact) mass is 258 g/mol. The molecular weight excluding hydrogens is 248 g/mol. The molecule has 0 aliphatic carbocycles. The summed E-state index contributed by atoms with van der Waals surface area (Å²) in [5.41, 5.74) is 6.19. The van der Waals surface area contributed by atoms with E-state index in [1.54, 1.807) is 0 Å². The highest BCUT2D eigenvalue weighted by molar-refractivity contribution is 7.90. The lowest BCUT2D eigenvalue weighted by molar-refractivity contribution is 0.602. The van der Waals surface area contributed by atoms with Crippen LogP contribution < -0.4 is 5.73 Å². The maximum atomic E-state index is 11.2. The average molecular weight is 258 g/mol. The quantitative estimate of drug-likeness (QED) is 0.848. The molecule has 0 aliphatic rings. The van der Waals surface area contributed by atoms with E-state index in [1.807, 2.05) is 5.38 Å². The highest BCUT2D eigenvalue weighted by Gasteiger charge is 2.12. The van der Waals surface area contributed by atoms with Crippen molar-refractivity contribution in [3.63, 3.8) is 0 Å². The largest absolute Gasteiger partial charge is 0.325 e. The minimum atomic E-state index is -3.22. The fraction of sp³-hybridized carbons (Fsp3) is 0.250. The summed E-state index contributed by atoms with van der Waals surface area (Å²) in [6.07, 6.45) is 3.88. The van der Waals surface area contributed by atoms with E-state index in [9.17, 15) is 8.42 Å². The molecule has 0 spiro atoms. The zero-order valence-electron chi connectivity index (χ0n) is 8.49. The van der Waals surface area contributed by atoms with Gasteiger partial charge >= 0.3 is 0 Å². The molecule has 0 amide bonds. The van der Waals surface area contributed by atoms with Crippen LogP contribution in [-0.4, -0.2) is 29.4 Å². The summed E-state index contributed by atoms with van der Waals surface area (Å²) < 4.78 is 23.9. The second-order valence-corrected chi connectivity index (χ2v) is 6.07. The first-order valence-electron chi connectivity index (χ1n) is 4.40. The number of hydrogen-bond donors (Lipinski definition) is 1. The van der Waals surface area contributed by atoms with Crippen LogP contribution in [0, 0.1) is 0 Å². The van der Waals surface area contributed by atoms with Crippen LogP contribution in [0.3, 0.4) is 0 Å². The zero-order valence-corrected chi connectivity index (χ0v) is 10.1. The van der Waals surface area contributed by atoms with E-state index < -0.39 is 9.84 Å². The van der Waals surface area contributed by atoms with Crippen molar-refractivity contribution in [2.24, 2.45) is 5.73 Å². The molecule has 0 unspecified atom stereocenters. The second kappa shape index (κ2) is 3.96. The Labute approximate surface area is 96.7 Å². The van der Waals surface area contributed by atoms with Gasteiger partial charge < -0.3 is 5.73 Å². The molecular formula is C8H10N4O2S2. The Morgan fingerprint density at radius 1 is 1.56 bits per heavy atom. The first-order chi connectivity index (χ1) is 7.50. The second-order valence-electron chi connectivity index (χ2n) is 3.22. The fourth-order valence-electron chi connectivity index (χ4n) is 1.10. The van der Waals surface area contributed by atoms with Gasteiger partial charge in [-0.2, -0.15) is 5.10 Å². The lowest BCUT2D eigenvalue weighted by Gasteiger charge is -1.92. The van der Waals surface area contributed by atoms with E-state index in [4.69, 9.17) is 5.73 Å². The summed E-state index contributed by atoms with van der Waals surface area (Å²) in [4.78, 5) is 4.37. The molecule has 0 bridgehead atoms. The molecule has 0 saturated heterocycles. The standard InChI is InChI=1S/C8H10N4O2S2/c1-16(13,14)7-3-10-12(4-7)8-11-6(2-9)5-15-8/h3-5H,2,9H2,1H3. The molecule has 86 valence electrons. The van der Waals surface area contributed by atoms with E-state index in [1.165, 1.54) is 28.4 Å². The van der Waals surface area contributed by atoms with Gasteiger partial charge in [0.25, 0.3) is 0 Å². The number of rotatable bonds is 3. The van der Waals surface area contributed by atoms with Crippen molar-refractivity contribution in [3.05, 3.63) is 23.5 Å². The smallest absolute Gasteiger partial charge is 0.210 e. The third kappa shape index (κ3) is 2.13. The molecule has 2 aromatic rings. The summed E-state index contributed by atoms with van der Waals surface area (Å²) >= 11 is 1.37. The number of nitrogens with two attached hydrogens (primary N) is 1. The summed E-state index contributed by atoms with van der Waals surface area (Å²) in [5, 5.41) is 6.37. The SMILES string of the molecule is CS(=O)(=O)c1cnn(-c2nc(CN)cs2)c1. The fourth-order valence-corrected chi connectivity index (χ4v) is 2.40. The molecule has 2 heterocycles. The van der Waals surface area contributed by atoms with E-state index in [2.05, 4.69) is 10.1 Å². The summed E-state index contributed by atoms with van der Waals surface area (Å²) in [5.74, 6) is 0. The summed E-state index contributed by atoms with van der Waals surface area (Å²) in [7, 11) is -3.22. The molecule has 2 N–H and O–H groups in total. The zero-order chi connectivity index (χ0) is 11.8. The number of hydrogen-bond acceptors (Lipinski definition) is 6. The van der Waals surface area contributed by atoms with Crippen LogP contribution in [0.5, 0.6) is 0 Å². The van der Waals surface area contributed by atoms with Gasteiger partial charge in [0.1, 0.15) is 4.90 Å². The maximum Gasteiger partial charge on any atom is 0.210 e. The van der Waals surface area contributed by atoms with Gasteiger partial charge in [-0.05, 0) is 0 Å². The van der Waals surface area contributed by atoms with Gasteiger partial charge in [0.2, 0.25) is 5.13 Å².